The van der Waals surface area contributed by atoms with Crippen LogP contribution in [0.2, 0.25) is 0 Å². The van der Waals surface area contributed by atoms with E-state index >= 15 is 0 Å². The summed E-state index contributed by atoms with van der Waals surface area (Å²) in [5.74, 6) is 0. The second-order valence-electron chi connectivity index (χ2n) is 3.17. The van der Waals surface area contributed by atoms with E-state index in [1.807, 2.05) is 20.0 Å². The van der Waals surface area contributed by atoms with Crippen molar-refractivity contribution in [3.8, 4) is 0 Å². The molecule has 0 fully saturated rings. The van der Waals surface area contributed by atoms with Crippen molar-refractivity contribution in [1.29, 1.82) is 0 Å². The van der Waals surface area contributed by atoms with Crippen LogP contribution in [0, 0.1) is 6.92 Å². The fourth-order valence-corrected chi connectivity index (χ4v) is 1.05. The molecule has 1 aromatic rings. The highest BCUT2D eigenvalue weighted by atomic mass is 14.8. The molecular formula is C9H15N3. The largest absolute Gasteiger partial charge is 0.328 e. The van der Waals surface area contributed by atoms with Crippen molar-refractivity contribution < 1.29 is 0 Å². The number of hydrogen-bond acceptors (Lipinski definition) is 3. The minimum Gasteiger partial charge on any atom is -0.328 e. The number of aryl methyl sites for hydroxylation is 2. The Morgan fingerprint density at radius 1 is 1.58 bits per heavy atom. The second kappa shape index (κ2) is 4.16. The summed E-state index contributed by atoms with van der Waals surface area (Å²) in [6.45, 7) is 4.03. The zero-order valence-corrected chi connectivity index (χ0v) is 7.62. The molecule has 1 rings (SSSR count). The number of nitrogens with two attached hydrogens (primary N) is 1. The lowest BCUT2D eigenvalue weighted by Crippen LogP contribution is -2.16. The molecule has 1 aromatic heterocycles. The summed E-state index contributed by atoms with van der Waals surface area (Å²) >= 11 is 0. The van der Waals surface area contributed by atoms with E-state index in [9.17, 15) is 0 Å². The van der Waals surface area contributed by atoms with Crippen LogP contribution >= 0.6 is 0 Å². The molecule has 0 spiro atoms. The van der Waals surface area contributed by atoms with Gasteiger partial charge in [0.25, 0.3) is 0 Å². The normalized spacial score (nSPS) is 12.9. The van der Waals surface area contributed by atoms with Crippen molar-refractivity contribution in [1.82, 2.24) is 9.97 Å². The molecule has 0 saturated carbocycles. The Balaban J connectivity index is 2.57. The highest BCUT2D eigenvalue weighted by molar-refractivity contribution is 5.13. The van der Waals surface area contributed by atoms with Crippen molar-refractivity contribution >= 4 is 0 Å². The third kappa shape index (κ3) is 2.58. The zero-order valence-electron chi connectivity index (χ0n) is 7.62. The van der Waals surface area contributed by atoms with Gasteiger partial charge in [-0.1, -0.05) is 0 Å². The third-order valence-electron chi connectivity index (χ3n) is 1.84. The number of rotatable bonds is 3. The van der Waals surface area contributed by atoms with Gasteiger partial charge >= 0.3 is 0 Å². The van der Waals surface area contributed by atoms with Crippen LogP contribution in [0.25, 0.3) is 0 Å². The first-order valence-corrected chi connectivity index (χ1v) is 4.21. The second-order valence-corrected chi connectivity index (χ2v) is 3.17. The Hall–Kier alpha value is -0.960. The van der Waals surface area contributed by atoms with Crippen LogP contribution in [0.4, 0.5) is 0 Å². The Morgan fingerprint density at radius 2 is 2.33 bits per heavy atom. The van der Waals surface area contributed by atoms with E-state index < -0.39 is 0 Å². The van der Waals surface area contributed by atoms with E-state index in [4.69, 9.17) is 5.73 Å². The van der Waals surface area contributed by atoms with Gasteiger partial charge in [0, 0.05) is 17.9 Å². The van der Waals surface area contributed by atoms with Crippen molar-refractivity contribution in [3.63, 3.8) is 0 Å². The molecule has 1 unspecified atom stereocenters. The Bertz CT molecular complexity index is 245. The third-order valence-corrected chi connectivity index (χ3v) is 1.84. The van der Waals surface area contributed by atoms with Gasteiger partial charge in [-0.05, 0) is 32.3 Å². The van der Waals surface area contributed by atoms with Gasteiger partial charge in [-0.3, -0.25) is 0 Å². The van der Waals surface area contributed by atoms with E-state index in [2.05, 4.69) is 9.97 Å². The summed E-state index contributed by atoms with van der Waals surface area (Å²) in [5, 5.41) is 0. The monoisotopic (exact) mass is 165 g/mol. The predicted molar refractivity (Wildman–Crippen MR) is 48.7 cm³/mol. The van der Waals surface area contributed by atoms with E-state index in [-0.39, 0.29) is 6.04 Å². The van der Waals surface area contributed by atoms with Crippen LogP contribution in [0.15, 0.2) is 12.5 Å². The smallest absolute Gasteiger partial charge is 0.115 e. The van der Waals surface area contributed by atoms with Gasteiger partial charge in [0.05, 0.1) is 0 Å². The summed E-state index contributed by atoms with van der Waals surface area (Å²) in [6, 6.07) is 0.249. The van der Waals surface area contributed by atoms with Gasteiger partial charge in [-0.2, -0.15) is 0 Å². The van der Waals surface area contributed by atoms with Crippen molar-refractivity contribution in [2.45, 2.75) is 32.7 Å². The van der Waals surface area contributed by atoms with E-state index in [1.54, 1.807) is 6.33 Å². The average Bonchev–Trinajstić information content (AvgIpc) is 2.03. The highest BCUT2D eigenvalue weighted by Gasteiger charge is 2.00. The van der Waals surface area contributed by atoms with E-state index in [0.717, 1.165) is 24.1 Å². The first-order valence-electron chi connectivity index (χ1n) is 4.21. The zero-order chi connectivity index (χ0) is 8.97. The molecule has 66 valence electrons. The van der Waals surface area contributed by atoms with Crippen LogP contribution in [0.3, 0.4) is 0 Å². The maximum atomic E-state index is 5.65. The molecule has 0 aliphatic heterocycles. The van der Waals surface area contributed by atoms with Crippen LogP contribution < -0.4 is 5.73 Å². The summed E-state index contributed by atoms with van der Waals surface area (Å²) in [6.07, 6.45) is 5.36. The van der Waals surface area contributed by atoms with Crippen LogP contribution in [-0.2, 0) is 6.42 Å². The first kappa shape index (κ1) is 9.13. The van der Waals surface area contributed by atoms with Gasteiger partial charge in [0.2, 0.25) is 0 Å². The summed E-state index contributed by atoms with van der Waals surface area (Å²) in [7, 11) is 0. The van der Waals surface area contributed by atoms with E-state index in [0.29, 0.717) is 0 Å². The minimum absolute atomic E-state index is 0.249. The van der Waals surface area contributed by atoms with Gasteiger partial charge < -0.3 is 5.73 Å². The van der Waals surface area contributed by atoms with Crippen LogP contribution in [0.1, 0.15) is 24.6 Å². The van der Waals surface area contributed by atoms with Crippen LogP contribution in [0.5, 0.6) is 0 Å². The quantitative estimate of drug-likeness (QED) is 0.728. The minimum atomic E-state index is 0.249. The lowest BCUT2D eigenvalue weighted by atomic mass is 10.1. The molecule has 0 aliphatic carbocycles. The Kier molecular flexibility index (Phi) is 3.17. The topological polar surface area (TPSA) is 51.8 Å². The molecule has 2 N–H and O–H groups in total. The molecule has 0 amide bonds. The molecule has 0 aromatic carbocycles. The maximum Gasteiger partial charge on any atom is 0.115 e. The molecule has 12 heavy (non-hydrogen) atoms. The lowest BCUT2D eigenvalue weighted by molar-refractivity contribution is 0.655. The Labute approximate surface area is 73.0 Å². The van der Waals surface area contributed by atoms with Gasteiger partial charge in [0.1, 0.15) is 6.33 Å². The molecule has 3 heteroatoms. The van der Waals surface area contributed by atoms with Crippen LogP contribution in [-0.4, -0.2) is 16.0 Å². The van der Waals surface area contributed by atoms with Gasteiger partial charge in [-0.15, -0.1) is 0 Å². The first-order chi connectivity index (χ1) is 5.70. The predicted octanol–water partition coefficient (Wildman–Crippen LogP) is 1.06. The summed E-state index contributed by atoms with van der Waals surface area (Å²) < 4.78 is 0. The fourth-order valence-electron chi connectivity index (χ4n) is 1.05. The lowest BCUT2D eigenvalue weighted by Gasteiger charge is -2.05. The number of aromatic nitrogens is 2. The van der Waals surface area contributed by atoms with Gasteiger partial charge in [-0.25, -0.2) is 9.97 Å². The van der Waals surface area contributed by atoms with E-state index in [1.165, 1.54) is 0 Å². The van der Waals surface area contributed by atoms with Crippen molar-refractivity contribution in [2.24, 2.45) is 5.73 Å². The molecule has 0 saturated heterocycles. The summed E-state index contributed by atoms with van der Waals surface area (Å²) in [5.41, 5.74) is 7.91. The molecule has 0 bridgehead atoms. The fraction of sp³-hybridized carbons (Fsp3) is 0.556. The molecule has 1 atom stereocenters. The number of nitrogens with zero attached hydrogens (tertiary/aromatic N) is 2. The molecule has 0 aliphatic rings. The van der Waals surface area contributed by atoms with Crippen molar-refractivity contribution in [3.05, 3.63) is 23.8 Å². The SMILES string of the molecule is Cc1cncnc1CCC(C)N. The molecule has 3 nitrogen and oxygen atoms in total. The van der Waals surface area contributed by atoms with Crippen molar-refractivity contribution in [2.75, 3.05) is 0 Å². The molecule has 0 radical (unpaired) electrons. The number of hydrogen-bond donors (Lipinski definition) is 1. The Morgan fingerprint density at radius 3 is 2.92 bits per heavy atom. The average molecular weight is 165 g/mol. The maximum absolute atomic E-state index is 5.65. The molecular weight excluding hydrogens is 150 g/mol. The standard InChI is InChI=1S/C9H15N3/c1-7-5-11-6-12-9(7)4-3-8(2)10/h5-6,8H,3-4,10H2,1-2H3. The summed E-state index contributed by atoms with van der Waals surface area (Å²) in [4.78, 5) is 8.11. The highest BCUT2D eigenvalue weighted by Crippen LogP contribution is 2.05. The molecule has 1 heterocycles. The van der Waals surface area contributed by atoms with Gasteiger partial charge in [0.15, 0.2) is 0 Å².